The number of likely N-dealkylation sites (tertiary alicyclic amines) is 1. The van der Waals surface area contributed by atoms with Gasteiger partial charge in [0.05, 0.1) is 12.0 Å². The van der Waals surface area contributed by atoms with Crippen LogP contribution in [0, 0.1) is 5.92 Å². The first-order chi connectivity index (χ1) is 10.5. The Bertz CT molecular complexity index is 604. The molecule has 2 aliphatic heterocycles. The van der Waals surface area contributed by atoms with Crippen molar-refractivity contribution in [3.63, 3.8) is 0 Å². The summed E-state index contributed by atoms with van der Waals surface area (Å²) in [5.41, 5.74) is 6.21. The van der Waals surface area contributed by atoms with Crippen LogP contribution in [0.25, 0.3) is 0 Å². The van der Waals surface area contributed by atoms with Crippen molar-refractivity contribution in [1.82, 2.24) is 10.2 Å². The number of fused-ring (bicyclic) bond motifs is 1. The van der Waals surface area contributed by atoms with Gasteiger partial charge in [0.1, 0.15) is 0 Å². The molecule has 2 unspecified atom stereocenters. The minimum atomic E-state index is -0.348. The molecule has 0 saturated carbocycles. The quantitative estimate of drug-likeness (QED) is 0.871. The van der Waals surface area contributed by atoms with Gasteiger partial charge in [-0.2, -0.15) is 0 Å². The summed E-state index contributed by atoms with van der Waals surface area (Å²) in [4.78, 5) is 25.0. The predicted octanol–water partition coefficient (Wildman–Crippen LogP) is 0.993. The van der Waals surface area contributed by atoms with Crippen molar-refractivity contribution in [1.29, 1.82) is 0 Å². The Morgan fingerprint density at radius 2 is 2.14 bits per heavy atom. The molecular weight excluding hydrogens is 286 g/mol. The lowest BCUT2D eigenvalue weighted by atomic mass is 10.1. The largest absolute Gasteiger partial charge is 0.454 e. The topological polar surface area (TPSA) is 93.9 Å². The highest BCUT2D eigenvalue weighted by Gasteiger charge is 2.30. The van der Waals surface area contributed by atoms with Crippen LogP contribution in [0.3, 0.4) is 0 Å². The van der Waals surface area contributed by atoms with E-state index in [9.17, 15) is 9.59 Å². The molecule has 1 saturated heterocycles. The molecule has 0 spiro atoms. The van der Waals surface area contributed by atoms with Crippen molar-refractivity contribution in [2.45, 2.75) is 19.4 Å². The first-order valence-electron chi connectivity index (χ1n) is 7.29. The van der Waals surface area contributed by atoms with E-state index < -0.39 is 0 Å². The summed E-state index contributed by atoms with van der Waals surface area (Å²) < 4.78 is 10.6. The summed E-state index contributed by atoms with van der Waals surface area (Å²) >= 11 is 0. The second-order valence-electron chi connectivity index (χ2n) is 5.62. The lowest BCUT2D eigenvalue weighted by molar-refractivity contribution is -0.121. The van der Waals surface area contributed by atoms with Gasteiger partial charge in [0.25, 0.3) is 0 Å². The van der Waals surface area contributed by atoms with E-state index in [4.69, 9.17) is 15.2 Å². The van der Waals surface area contributed by atoms with Gasteiger partial charge in [-0.15, -0.1) is 0 Å². The molecule has 0 aliphatic carbocycles. The number of amides is 3. The van der Waals surface area contributed by atoms with E-state index >= 15 is 0 Å². The third-order valence-corrected chi connectivity index (χ3v) is 4.11. The van der Waals surface area contributed by atoms with E-state index in [0.717, 1.165) is 5.56 Å². The average Bonchev–Trinajstić information content (AvgIpc) is 3.15. The van der Waals surface area contributed by atoms with Gasteiger partial charge in [0.2, 0.25) is 12.7 Å². The number of carbonyl (C=O) groups is 2. The normalized spacial score (nSPS) is 20.8. The van der Waals surface area contributed by atoms with Gasteiger partial charge in [-0.3, -0.25) is 4.79 Å². The smallest absolute Gasteiger partial charge is 0.317 e. The van der Waals surface area contributed by atoms with Crippen molar-refractivity contribution >= 4 is 11.9 Å². The Morgan fingerprint density at radius 1 is 1.36 bits per heavy atom. The Hall–Kier alpha value is -2.44. The molecule has 1 aromatic rings. The van der Waals surface area contributed by atoms with Crippen LogP contribution in [0.4, 0.5) is 4.79 Å². The number of nitrogens with one attached hydrogen (secondary N) is 1. The van der Waals surface area contributed by atoms with Crippen LogP contribution in [0.5, 0.6) is 11.5 Å². The Kier molecular flexibility index (Phi) is 3.79. The highest BCUT2D eigenvalue weighted by atomic mass is 16.7. The van der Waals surface area contributed by atoms with Crippen LogP contribution in [0.2, 0.25) is 0 Å². The van der Waals surface area contributed by atoms with Crippen molar-refractivity contribution in [3.05, 3.63) is 23.8 Å². The van der Waals surface area contributed by atoms with Crippen LogP contribution in [0.15, 0.2) is 18.2 Å². The molecule has 2 atom stereocenters. The lowest BCUT2D eigenvalue weighted by Gasteiger charge is -2.21. The summed E-state index contributed by atoms with van der Waals surface area (Å²) in [6, 6.07) is 5.24. The van der Waals surface area contributed by atoms with E-state index in [1.807, 2.05) is 25.1 Å². The van der Waals surface area contributed by atoms with E-state index in [1.165, 1.54) is 0 Å². The van der Waals surface area contributed by atoms with Crippen LogP contribution in [-0.4, -0.2) is 36.7 Å². The second kappa shape index (κ2) is 5.75. The first-order valence-corrected chi connectivity index (χ1v) is 7.29. The van der Waals surface area contributed by atoms with Crippen molar-refractivity contribution in [2.24, 2.45) is 11.7 Å². The molecule has 0 aromatic heterocycles. The molecule has 0 radical (unpaired) electrons. The maximum absolute atomic E-state index is 12.2. The summed E-state index contributed by atoms with van der Waals surface area (Å²) in [6.07, 6.45) is 0.626. The standard InChI is InChI=1S/C15H19N3O4/c1-9(10-2-3-12-13(6-10)22-8-21-12)17-15(20)18-5-4-11(7-18)14(16)19/h2-3,6,9,11H,4-5,7-8H2,1H3,(H2,16,19)(H,17,20). The molecular formula is C15H19N3O4. The molecule has 3 N–H and O–H groups in total. The fourth-order valence-corrected chi connectivity index (χ4v) is 2.72. The number of nitrogens with zero attached hydrogens (tertiary/aromatic N) is 1. The van der Waals surface area contributed by atoms with Crippen LogP contribution in [0.1, 0.15) is 24.9 Å². The maximum Gasteiger partial charge on any atom is 0.317 e. The number of benzene rings is 1. The number of nitrogens with two attached hydrogens (primary N) is 1. The second-order valence-corrected chi connectivity index (χ2v) is 5.62. The lowest BCUT2D eigenvalue weighted by Crippen LogP contribution is -2.40. The molecule has 7 nitrogen and oxygen atoms in total. The highest BCUT2D eigenvalue weighted by Crippen LogP contribution is 2.34. The number of urea groups is 1. The zero-order valence-corrected chi connectivity index (χ0v) is 12.4. The molecule has 3 amide bonds. The van der Waals surface area contributed by atoms with Crippen LogP contribution < -0.4 is 20.5 Å². The number of carbonyl (C=O) groups excluding carboxylic acids is 2. The molecule has 2 aliphatic rings. The Morgan fingerprint density at radius 3 is 2.86 bits per heavy atom. The summed E-state index contributed by atoms with van der Waals surface area (Å²) in [7, 11) is 0. The molecule has 2 heterocycles. The van der Waals surface area contributed by atoms with E-state index in [0.29, 0.717) is 31.0 Å². The van der Waals surface area contributed by atoms with Gasteiger partial charge < -0.3 is 25.4 Å². The van der Waals surface area contributed by atoms with Gasteiger partial charge in [-0.1, -0.05) is 6.07 Å². The van der Waals surface area contributed by atoms with Gasteiger partial charge >= 0.3 is 6.03 Å². The number of ether oxygens (including phenoxy) is 2. The van der Waals surface area contributed by atoms with E-state index in [1.54, 1.807) is 4.90 Å². The highest BCUT2D eigenvalue weighted by molar-refractivity contribution is 5.80. The van der Waals surface area contributed by atoms with Crippen molar-refractivity contribution in [2.75, 3.05) is 19.9 Å². The minimum absolute atomic E-state index is 0.172. The zero-order chi connectivity index (χ0) is 15.7. The van der Waals surface area contributed by atoms with Gasteiger partial charge in [-0.25, -0.2) is 4.79 Å². The molecule has 1 fully saturated rings. The summed E-state index contributed by atoms with van der Waals surface area (Å²) in [5.74, 6) is 0.811. The first kappa shape index (κ1) is 14.5. The van der Waals surface area contributed by atoms with Crippen LogP contribution >= 0.6 is 0 Å². The molecule has 7 heteroatoms. The predicted molar refractivity (Wildman–Crippen MR) is 78.4 cm³/mol. The van der Waals surface area contributed by atoms with Crippen LogP contribution in [-0.2, 0) is 4.79 Å². The zero-order valence-electron chi connectivity index (χ0n) is 12.4. The van der Waals surface area contributed by atoms with Crippen molar-refractivity contribution < 1.29 is 19.1 Å². The third-order valence-electron chi connectivity index (χ3n) is 4.11. The van der Waals surface area contributed by atoms with E-state index in [-0.39, 0.29) is 30.7 Å². The average molecular weight is 305 g/mol. The Labute approximate surface area is 128 Å². The number of rotatable bonds is 3. The van der Waals surface area contributed by atoms with Gasteiger partial charge in [0, 0.05) is 13.1 Å². The van der Waals surface area contributed by atoms with E-state index in [2.05, 4.69) is 5.32 Å². The number of hydrogen-bond acceptors (Lipinski definition) is 4. The summed E-state index contributed by atoms with van der Waals surface area (Å²) in [6.45, 7) is 3.06. The summed E-state index contributed by atoms with van der Waals surface area (Å²) in [5, 5.41) is 2.93. The monoisotopic (exact) mass is 305 g/mol. The molecule has 22 heavy (non-hydrogen) atoms. The van der Waals surface area contributed by atoms with Gasteiger partial charge in [0.15, 0.2) is 11.5 Å². The molecule has 1 aromatic carbocycles. The molecule has 118 valence electrons. The fourth-order valence-electron chi connectivity index (χ4n) is 2.72. The fraction of sp³-hybridized carbons (Fsp3) is 0.467. The Balaban J connectivity index is 1.61. The third kappa shape index (κ3) is 2.79. The minimum Gasteiger partial charge on any atom is -0.454 e. The molecule has 0 bridgehead atoms. The van der Waals surface area contributed by atoms with Crippen molar-refractivity contribution in [3.8, 4) is 11.5 Å². The molecule has 3 rings (SSSR count). The number of primary amides is 1. The maximum atomic E-state index is 12.2. The SMILES string of the molecule is CC(NC(=O)N1CCC(C(N)=O)C1)c1ccc2c(c1)OCO2. The van der Waals surface area contributed by atoms with Gasteiger partial charge in [-0.05, 0) is 31.0 Å². The number of hydrogen-bond donors (Lipinski definition) is 2.